The monoisotopic (exact) mass is 258 g/mol. The molecule has 1 aromatic heterocycles. The molecular formula is C11H19ClN4O. The van der Waals surface area contributed by atoms with Gasteiger partial charge in [0.1, 0.15) is 5.82 Å². The van der Waals surface area contributed by atoms with Crippen molar-refractivity contribution in [3.05, 3.63) is 11.8 Å². The second-order valence-electron chi connectivity index (χ2n) is 4.33. The lowest BCUT2D eigenvalue weighted by molar-refractivity contribution is -0.120. The predicted octanol–water partition coefficient (Wildman–Crippen LogP) is 1.09. The summed E-state index contributed by atoms with van der Waals surface area (Å²) in [6, 6.07) is 1.88. The molecule has 0 unspecified atom stereocenters. The predicted molar refractivity (Wildman–Crippen MR) is 69.4 cm³/mol. The van der Waals surface area contributed by atoms with Gasteiger partial charge in [0.25, 0.3) is 0 Å². The van der Waals surface area contributed by atoms with Gasteiger partial charge in [-0.3, -0.25) is 9.48 Å². The smallest absolute Gasteiger partial charge is 0.229 e. The van der Waals surface area contributed by atoms with Crippen molar-refractivity contribution in [2.24, 2.45) is 13.0 Å². The van der Waals surface area contributed by atoms with E-state index in [1.54, 1.807) is 4.68 Å². The van der Waals surface area contributed by atoms with Gasteiger partial charge < -0.3 is 10.6 Å². The maximum atomic E-state index is 11.9. The number of hydrogen-bond acceptors (Lipinski definition) is 3. The third-order valence-corrected chi connectivity index (χ3v) is 2.92. The average molecular weight is 259 g/mol. The van der Waals surface area contributed by atoms with Gasteiger partial charge in [0, 0.05) is 19.7 Å². The summed E-state index contributed by atoms with van der Waals surface area (Å²) in [6.45, 7) is 3.72. The summed E-state index contributed by atoms with van der Waals surface area (Å²) in [5, 5.41) is 10.4. The third-order valence-electron chi connectivity index (χ3n) is 2.92. The zero-order chi connectivity index (χ0) is 11.5. The number of aryl methyl sites for hydroxylation is 2. The molecule has 1 saturated heterocycles. The Bertz CT molecular complexity index is 385. The number of carbonyl (C=O) groups excluding carboxylic acids is 1. The highest BCUT2D eigenvalue weighted by atomic mass is 35.5. The van der Waals surface area contributed by atoms with Crippen molar-refractivity contribution < 1.29 is 4.79 Å². The van der Waals surface area contributed by atoms with Gasteiger partial charge in [-0.15, -0.1) is 12.4 Å². The first-order chi connectivity index (χ1) is 7.66. The molecule has 1 amide bonds. The van der Waals surface area contributed by atoms with Crippen LogP contribution in [0.1, 0.15) is 18.5 Å². The van der Waals surface area contributed by atoms with E-state index >= 15 is 0 Å². The van der Waals surface area contributed by atoms with E-state index in [-0.39, 0.29) is 24.2 Å². The molecule has 2 N–H and O–H groups in total. The van der Waals surface area contributed by atoms with Crippen molar-refractivity contribution >= 4 is 24.1 Å². The Morgan fingerprint density at radius 3 is 2.94 bits per heavy atom. The lowest BCUT2D eigenvalue weighted by atomic mass is 9.99. The molecule has 0 aromatic carbocycles. The summed E-state index contributed by atoms with van der Waals surface area (Å²) >= 11 is 0. The fraction of sp³-hybridized carbons (Fsp3) is 0.636. The minimum atomic E-state index is 0. The molecule has 96 valence electrons. The Hall–Kier alpha value is -1.07. The van der Waals surface area contributed by atoms with Crippen LogP contribution in [0.25, 0.3) is 0 Å². The van der Waals surface area contributed by atoms with Gasteiger partial charge in [-0.1, -0.05) is 0 Å². The van der Waals surface area contributed by atoms with Gasteiger partial charge in [0.15, 0.2) is 0 Å². The van der Waals surface area contributed by atoms with E-state index in [9.17, 15) is 4.79 Å². The van der Waals surface area contributed by atoms with E-state index in [1.807, 2.05) is 20.0 Å². The number of nitrogens with one attached hydrogen (secondary N) is 2. The van der Waals surface area contributed by atoms with Crippen molar-refractivity contribution in [2.75, 3.05) is 18.4 Å². The first kappa shape index (κ1) is 14.0. The number of rotatable bonds is 2. The van der Waals surface area contributed by atoms with Crippen LogP contribution in [0.3, 0.4) is 0 Å². The summed E-state index contributed by atoms with van der Waals surface area (Å²) in [6.07, 6.45) is 2.04. The molecule has 1 aliphatic heterocycles. The van der Waals surface area contributed by atoms with E-state index in [4.69, 9.17) is 0 Å². The summed E-state index contributed by atoms with van der Waals surface area (Å²) in [7, 11) is 1.84. The number of piperidine rings is 1. The minimum Gasteiger partial charge on any atom is -0.316 e. The molecule has 0 spiro atoms. The van der Waals surface area contributed by atoms with Crippen LogP contribution in [0.2, 0.25) is 0 Å². The van der Waals surface area contributed by atoms with Crippen LogP contribution in [-0.2, 0) is 11.8 Å². The lowest BCUT2D eigenvalue weighted by Crippen LogP contribution is -2.37. The van der Waals surface area contributed by atoms with E-state index in [0.29, 0.717) is 0 Å². The first-order valence-corrected chi connectivity index (χ1v) is 5.69. The Morgan fingerprint density at radius 1 is 1.65 bits per heavy atom. The lowest BCUT2D eigenvalue weighted by Gasteiger charge is -2.21. The minimum absolute atomic E-state index is 0. The number of amides is 1. The zero-order valence-corrected chi connectivity index (χ0v) is 11.0. The molecule has 1 fully saturated rings. The van der Waals surface area contributed by atoms with Gasteiger partial charge >= 0.3 is 0 Å². The summed E-state index contributed by atoms with van der Waals surface area (Å²) in [5.41, 5.74) is 0.916. The highest BCUT2D eigenvalue weighted by Crippen LogP contribution is 2.14. The topological polar surface area (TPSA) is 59.0 Å². The number of anilines is 1. The molecule has 2 rings (SSSR count). The van der Waals surface area contributed by atoms with Crippen molar-refractivity contribution in [2.45, 2.75) is 19.8 Å². The van der Waals surface area contributed by atoms with E-state index in [1.165, 1.54) is 0 Å². The molecule has 0 bridgehead atoms. The average Bonchev–Trinajstić information content (AvgIpc) is 2.59. The quantitative estimate of drug-likeness (QED) is 0.835. The van der Waals surface area contributed by atoms with Crippen LogP contribution in [0.5, 0.6) is 0 Å². The Balaban J connectivity index is 0.00000144. The molecule has 0 radical (unpaired) electrons. The number of hydrogen-bond donors (Lipinski definition) is 2. The number of aromatic nitrogens is 2. The maximum absolute atomic E-state index is 11.9. The number of carbonyl (C=O) groups is 1. The summed E-state index contributed by atoms with van der Waals surface area (Å²) in [5.74, 6) is 0.951. The summed E-state index contributed by atoms with van der Waals surface area (Å²) < 4.78 is 1.70. The van der Waals surface area contributed by atoms with Crippen molar-refractivity contribution in [3.63, 3.8) is 0 Å². The molecule has 1 aromatic rings. The second-order valence-corrected chi connectivity index (χ2v) is 4.33. The molecule has 6 heteroatoms. The van der Waals surface area contributed by atoms with Crippen LogP contribution in [0, 0.1) is 12.8 Å². The van der Waals surface area contributed by atoms with Gasteiger partial charge in [-0.2, -0.15) is 5.10 Å². The Morgan fingerprint density at radius 2 is 2.41 bits per heavy atom. The van der Waals surface area contributed by atoms with Crippen molar-refractivity contribution in [3.8, 4) is 0 Å². The van der Waals surface area contributed by atoms with Gasteiger partial charge in [-0.25, -0.2) is 0 Å². The zero-order valence-electron chi connectivity index (χ0n) is 10.2. The first-order valence-electron chi connectivity index (χ1n) is 5.69. The number of halogens is 1. The Kier molecular flexibility index (Phi) is 4.96. The molecule has 0 saturated carbocycles. The van der Waals surface area contributed by atoms with Gasteiger partial charge in [0.05, 0.1) is 11.6 Å². The standard InChI is InChI=1S/C11H18N4O.ClH/c1-8-6-10(15(2)14-8)13-11(16)9-4-3-5-12-7-9;/h6,9,12H,3-5,7H2,1-2H3,(H,13,16);1H/t9-;/m1./s1. The van der Waals surface area contributed by atoms with Crippen LogP contribution in [0.4, 0.5) is 5.82 Å². The fourth-order valence-electron chi connectivity index (χ4n) is 2.03. The molecule has 2 heterocycles. The van der Waals surface area contributed by atoms with Crippen LogP contribution in [0.15, 0.2) is 6.07 Å². The highest BCUT2D eigenvalue weighted by Gasteiger charge is 2.21. The summed E-state index contributed by atoms with van der Waals surface area (Å²) in [4.78, 5) is 11.9. The highest BCUT2D eigenvalue weighted by molar-refractivity contribution is 5.92. The molecule has 0 aliphatic carbocycles. The largest absolute Gasteiger partial charge is 0.316 e. The Labute approximate surface area is 107 Å². The maximum Gasteiger partial charge on any atom is 0.229 e. The molecule has 1 aliphatic rings. The van der Waals surface area contributed by atoms with Gasteiger partial charge in [-0.05, 0) is 26.3 Å². The van der Waals surface area contributed by atoms with Crippen molar-refractivity contribution in [1.29, 1.82) is 0 Å². The molecule has 1 atom stereocenters. The van der Waals surface area contributed by atoms with Crippen LogP contribution in [-0.4, -0.2) is 28.8 Å². The molecule has 17 heavy (non-hydrogen) atoms. The van der Waals surface area contributed by atoms with Crippen molar-refractivity contribution in [1.82, 2.24) is 15.1 Å². The third kappa shape index (κ3) is 3.44. The fourth-order valence-corrected chi connectivity index (χ4v) is 2.03. The molecular weight excluding hydrogens is 240 g/mol. The SMILES string of the molecule is Cc1cc(NC(=O)[C@@H]2CCCNC2)n(C)n1.Cl. The van der Waals surface area contributed by atoms with Crippen LogP contribution < -0.4 is 10.6 Å². The van der Waals surface area contributed by atoms with E-state index in [0.717, 1.165) is 37.4 Å². The van der Waals surface area contributed by atoms with Crippen LogP contribution >= 0.6 is 12.4 Å². The van der Waals surface area contributed by atoms with E-state index < -0.39 is 0 Å². The number of nitrogens with zero attached hydrogens (tertiary/aromatic N) is 2. The van der Waals surface area contributed by atoms with Gasteiger partial charge in [0.2, 0.25) is 5.91 Å². The molecule has 5 nitrogen and oxygen atoms in total. The second kappa shape index (κ2) is 6.02. The van der Waals surface area contributed by atoms with E-state index in [2.05, 4.69) is 15.7 Å². The normalized spacial score (nSPS) is 19.5.